The number of aromatic hydroxyl groups is 1. The lowest BCUT2D eigenvalue weighted by molar-refractivity contribution is 0.274. The van der Waals surface area contributed by atoms with Gasteiger partial charge in [0.1, 0.15) is 0 Å². The van der Waals surface area contributed by atoms with Crippen LogP contribution in [-0.2, 0) is 17.6 Å². The number of rotatable bonds is 5. The summed E-state index contributed by atoms with van der Waals surface area (Å²) in [5.74, 6) is 0.0519. The maximum absolute atomic E-state index is 10.3. The minimum Gasteiger partial charge on any atom is -0.495 e. The van der Waals surface area contributed by atoms with Crippen molar-refractivity contribution in [1.29, 1.82) is 0 Å². The molecule has 0 atom stereocenters. The Bertz CT molecular complexity index is 1290. The zero-order chi connectivity index (χ0) is 22.4. The highest BCUT2D eigenvalue weighted by atomic mass is 28.4. The van der Waals surface area contributed by atoms with E-state index < -0.39 is 8.32 Å². The summed E-state index contributed by atoms with van der Waals surface area (Å²) in [5, 5.41) is 12.8. The SMILES string of the molecule is CC(C)(C)[Si](C)(C)OCc1nc2c(=NCc3ccccc3)cc(N)c3[nH]c(O)cc1c32. The van der Waals surface area contributed by atoms with E-state index in [1.54, 1.807) is 6.07 Å². The summed E-state index contributed by atoms with van der Waals surface area (Å²) in [6, 6.07) is 13.6. The van der Waals surface area contributed by atoms with Crippen molar-refractivity contribution in [3.63, 3.8) is 0 Å². The van der Waals surface area contributed by atoms with Crippen molar-refractivity contribution >= 4 is 35.8 Å². The third kappa shape index (κ3) is 4.03. The fraction of sp³-hybridized carbons (Fsp3) is 0.333. The van der Waals surface area contributed by atoms with E-state index in [0.717, 1.165) is 32.9 Å². The summed E-state index contributed by atoms with van der Waals surface area (Å²) >= 11 is 0. The van der Waals surface area contributed by atoms with Crippen molar-refractivity contribution in [3.8, 4) is 5.88 Å². The zero-order valence-corrected chi connectivity index (χ0v) is 19.8. The van der Waals surface area contributed by atoms with Crippen molar-refractivity contribution in [2.75, 3.05) is 5.73 Å². The molecular formula is C24H30N4O2Si. The van der Waals surface area contributed by atoms with Crippen molar-refractivity contribution in [2.45, 2.75) is 52.1 Å². The summed E-state index contributed by atoms with van der Waals surface area (Å²) < 4.78 is 6.43. The van der Waals surface area contributed by atoms with Crippen LogP contribution in [0.3, 0.4) is 0 Å². The molecule has 7 heteroatoms. The molecule has 0 saturated heterocycles. The molecule has 6 nitrogen and oxygen atoms in total. The molecule has 2 aromatic heterocycles. The molecule has 4 N–H and O–H groups in total. The number of pyridine rings is 1. The van der Waals surface area contributed by atoms with Crippen LogP contribution in [0.1, 0.15) is 32.0 Å². The van der Waals surface area contributed by atoms with Gasteiger partial charge in [0, 0.05) is 16.8 Å². The Hall–Kier alpha value is -2.90. The number of H-pyrrole nitrogens is 1. The molecule has 0 spiro atoms. The average Bonchev–Trinajstić information content (AvgIpc) is 3.07. The predicted molar refractivity (Wildman–Crippen MR) is 129 cm³/mol. The normalized spacial score (nSPS) is 13.5. The van der Waals surface area contributed by atoms with Crippen molar-refractivity contribution in [3.05, 3.63) is 59.1 Å². The Balaban J connectivity index is 1.84. The van der Waals surface area contributed by atoms with E-state index in [-0.39, 0.29) is 10.9 Å². The van der Waals surface area contributed by atoms with Gasteiger partial charge in [0.15, 0.2) is 14.2 Å². The molecule has 4 rings (SSSR count). The van der Waals surface area contributed by atoms with E-state index in [2.05, 4.69) is 38.8 Å². The molecule has 0 saturated carbocycles. The summed E-state index contributed by atoms with van der Waals surface area (Å²) in [5.41, 5.74) is 10.2. The van der Waals surface area contributed by atoms with Gasteiger partial charge in [-0.25, -0.2) is 4.98 Å². The van der Waals surface area contributed by atoms with E-state index in [9.17, 15) is 5.11 Å². The quantitative estimate of drug-likeness (QED) is 0.302. The molecule has 0 amide bonds. The molecule has 4 aromatic rings. The van der Waals surface area contributed by atoms with Crippen LogP contribution in [0.5, 0.6) is 5.88 Å². The molecule has 31 heavy (non-hydrogen) atoms. The maximum atomic E-state index is 10.3. The van der Waals surface area contributed by atoms with Gasteiger partial charge in [0.2, 0.25) is 0 Å². The first-order chi connectivity index (χ1) is 14.6. The first kappa shape index (κ1) is 21.3. The van der Waals surface area contributed by atoms with Crippen LogP contribution < -0.4 is 11.1 Å². The molecule has 0 bridgehead atoms. The molecule has 0 unspecified atom stereocenters. The number of hydrogen-bond donors (Lipinski definition) is 3. The van der Waals surface area contributed by atoms with Gasteiger partial charge in [-0.1, -0.05) is 51.1 Å². The summed E-state index contributed by atoms with van der Waals surface area (Å²) in [7, 11) is -1.96. The Morgan fingerprint density at radius 2 is 1.87 bits per heavy atom. The van der Waals surface area contributed by atoms with Crippen LogP contribution in [0.4, 0.5) is 5.69 Å². The third-order valence-electron chi connectivity index (χ3n) is 6.32. The minimum absolute atomic E-state index is 0.0519. The Morgan fingerprint density at radius 3 is 2.55 bits per heavy atom. The van der Waals surface area contributed by atoms with E-state index in [1.807, 2.05) is 36.4 Å². The first-order valence-electron chi connectivity index (χ1n) is 10.5. The molecule has 0 aliphatic rings. The van der Waals surface area contributed by atoms with E-state index >= 15 is 0 Å². The lowest BCUT2D eigenvalue weighted by atomic mass is 10.1. The van der Waals surface area contributed by atoms with Crippen LogP contribution in [0, 0.1) is 0 Å². The molecule has 0 aliphatic carbocycles. The van der Waals surface area contributed by atoms with Gasteiger partial charge in [0.05, 0.1) is 40.9 Å². The summed E-state index contributed by atoms with van der Waals surface area (Å²) in [4.78, 5) is 12.7. The smallest absolute Gasteiger partial charge is 0.192 e. The molecule has 0 radical (unpaired) electrons. The number of aromatic amines is 1. The highest BCUT2D eigenvalue weighted by Crippen LogP contribution is 2.38. The fourth-order valence-electron chi connectivity index (χ4n) is 3.44. The Morgan fingerprint density at radius 1 is 1.16 bits per heavy atom. The van der Waals surface area contributed by atoms with Crippen LogP contribution in [0.2, 0.25) is 18.1 Å². The predicted octanol–water partition coefficient (Wildman–Crippen LogP) is 5.06. The monoisotopic (exact) mass is 434 g/mol. The zero-order valence-electron chi connectivity index (χ0n) is 18.8. The second-order valence-electron chi connectivity index (χ2n) is 9.56. The second-order valence-corrected chi connectivity index (χ2v) is 14.4. The second kappa shape index (κ2) is 7.66. The fourth-order valence-corrected chi connectivity index (χ4v) is 4.37. The van der Waals surface area contributed by atoms with Crippen molar-refractivity contribution < 1.29 is 9.53 Å². The Kier molecular flexibility index (Phi) is 5.27. The maximum Gasteiger partial charge on any atom is 0.192 e. The number of hydrogen-bond acceptors (Lipinski definition) is 5. The van der Waals surface area contributed by atoms with Gasteiger partial charge in [-0.3, -0.25) is 4.99 Å². The average molecular weight is 435 g/mol. The van der Waals surface area contributed by atoms with Crippen molar-refractivity contribution in [1.82, 2.24) is 9.97 Å². The minimum atomic E-state index is -1.96. The molecule has 0 aliphatic heterocycles. The van der Waals surface area contributed by atoms with Crippen LogP contribution in [0.25, 0.3) is 21.8 Å². The lowest BCUT2D eigenvalue weighted by Crippen LogP contribution is -2.40. The van der Waals surface area contributed by atoms with Gasteiger partial charge >= 0.3 is 0 Å². The number of benzene rings is 2. The molecule has 0 fully saturated rings. The lowest BCUT2D eigenvalue weighted by Gasteiger charge is -2.36. The van der Waals surface area contributed by atoms with Gasteiger partial charge < -0.3 is 20.3 Å². The molecule has 2 aromatic carbocycles. The van der Waals surface area contributed by atoms with Gasteiger partial charge in [0.25, 0.3) is 0 Å². The first-order valence-corrected chi connectivity index (χ1v) is 13.4. The highest BCUT2D eigenvalue weighted by Gasteiger charge is 2.37. The molecule has 162 valence electrons. The van der Waals surface area contributed by atoms with Crippen LogP contribution in [-0.4, -0.2) is 23.4 Å². The molecular weight excluding hydrogens is 404 g/mol. The summed E-state index contributed by atoms with van der Waals surface area (Å²) in [6.07, 6.45) is 0. The topological polar surface area (TPSA) is 96.5 Å². The largest absolute Gasteiger partial charge is 0.495 e. The van der Waals surface area contributed by atoms with Gasteiger partial charge in [-0.05, 0) is 29.8 Å². The highest BCUT2D eigenvalue weighted by molar-refractivity contribution is 6.74. The molecule has 2 heterocycles. The number of nitrogens with two attached hydrogens (primary N) is 1. The standard InChI is InChI=1S/C24H30N4O2Si/c1-24(2,3)31(4,5)30-14-19-16-11-20(29)28-22-17(25)12-18(23(27-19)21(16)22)26-13-15-9-7-6-8-10-15/h6-12,28-29H,13-14,25H2,1-5H3. The number of nitrogens with one attached hydrogen (secondary N) is 1. The summed E-state index contributed by atoms with van der Waals surface area (Å²) in [6.45, 7) is 12.0. The van der Waals surface area contributed by atoms with E-state index in [1.165, 1.54) is 0 Å². The number of nitrogen functional groups attached to an aromatic ring is 1. The van der Waals surface area contributed by atoms with Crippen LogP contribution in [0.15, 0.2) is 47.5 Å². The Labute approximate surface area is 183 Å². The number of anilines is 1. The van der Waals surface area contributed by atoms with E-state index in [0.29, 0.717) is 24.4 Å². The third-order valence-corrected chi connectivity index (χ3v) is 10.8. The van der Waals surface area contributed by atoms with Gasteiger partial charge in [-0.15, -0.1) is 0 Å². The van der Waals surface area contributed by atoms with Gasteiger partial charge in [-0.2, -0.15) is 0 Å². The van der Waals surface area contributed by atoms with Crippen molar-refractivity contribution in [2.24, 2.45) is 4.99 Å². The number of aromatic nitrogens is 2. The number of nitrogens with zero attached hydrogens (tertiary/aromatic N) is 2. The van der Waals surface area contributed by atoms with Crippen LogP contribution >= 0.6 is 0 Å². The van der Waals surface area contributed by atoms with E-state index in [4.69, 9.17) is 20.1 Å².